The molecule has 1 saturated heterocycles. The Bertz CT molecular complexity index is 2650. The summed E-state index contributed by atoms with van der Waals surface area (Å²) >= 11 is 10.4. The van der Waals surface area contributed by atoms with Gasteiger partial charge in [-0.2, -0.15) is 26.3 Å². The van der Waals surface area contributed by atoms with E-state index in [-0.39, 0.29) is 42.4 Å². The first-order chi connectivity index (χ1) is 31.8. The number of alkyl halides is 6. The minimum atomic E-state index is -2.89. The van der Waals surface area contributed by atoms with Crippen molar-refractivity contribution in [3.8, 4) is 17.2 Å². The van der Waals surface area contributed by atoms with E-state index in [0.717, 1.165) is 36.0 Å². The molecule has 2 N–H and O–H groups in total. The van der Waals surface area contributed by atoms with Crippen molar-refractivity contribution in [2.24, 2.45) is 4.99 Å². The highest BCUT2D eigenvalue weighted by Gasteiger charge is 2.29. The van der Waals surface area contributed by atoms with Gasteiger partial charge in [-0.3, -0.25) is 9.79 Å². The Balaban J connectivity index is 0.000000150. The van der Waals surface area contributed by atoms with E-state index in [1.807, 2.05) is 41.0 Å². The highest BCUT2D eigenvalue weighted by atomic mass is 79.9. The van der Waals surface area contributed by atoms with Gasteiger partial charge in [0.05, 0.1) is 48.6 Å². The number of aromatic nitrogens is 2. The van der Waals surface area contributed by atoms with Crippen molar-refractivity contribution in [3.05, 3.63) is 145 Å². The highest BCUT2D eigenvalue weighted by molar-refractivity contribution is 9.11. The number of morpholine rings is 1. The van der Waals surface area contributed by atoms with Gasteiger partial charge in [-0.25, -0.2) is 4.98 Å². The zero-order chi connectivity index (χ0) is 46.7. The van der Waals surface area contributed by atoms with Crippen LogP contribution in [-0.2, 0) is 25.6 Å². The van der Waals surface area contributed by atoms with Crippen LogP contribution in [0.1, 0.15) is 40.6 Å². The van der Waals surface area contributed by atoms with Crippen LogP contribution < -0.4 is 24.8 Å². The molecule has 6 aromatic rings. The zero-order valence-corrected chi connectivity index (χ0v) is 39.0. The van der Waals surface area contributed by atoms with Crippen molar-refractivity contribution in [3.63, 3.8) is 0 Å². The van der Waals surface area contributed by atoms with E-state index in [0.29, 0.717) is 49.0 Å². The van der Waals surface area contributed by atoms with E-state index in [2.05, 4.69) is 77.9 Å². The fraction of sp³-hybridized carbons (Fsp3) is 0.267. The number of carbonyl (C=O) groups excluding carboxylic acids is 1. The molecule has 0 aliphatic carbocycles. The molecule has 1 aromatic heterocycles. The van der Waals surface area contributed by atoms with Gasteiger partial charge in [-0.05, 0) is 70.5 Å². The van der Waals surface area contributed by atoms with Gasteiger partial charge in [0.15, 0.2) is 0 Å². The number of benzene rings is 5. The van der Waals surface area contributed by atoms with Crippen molar-refractivity contribution in [1.82, 2.24) is 14.9 Å². The quantitative estimate of drug-likeness (QED) is 0.129. The predicted molar refractivity (Wildman–Crippen MR) is 243 cm³/mol. The minimum absolute atomic E-state index is 0.00558. The number of amidine groups is 1. The lowest BCUT2D eigenvalue weighted by Crippen LogP contribution is -2.39. The van der Waals surface area contributed by atoms with Crippen molar-refractivity contribution in [2.45, 2.75) is 44.6 Å². The molecule has 0 spiro atoms. The summed E-state index contributed by atoms with van der Waals surface area (Å²) in [5.74, 6) is 1.44. The van der Waals surface area contributed by atoms with Gasteiger partial charge in [-0.1, -0.05) is 86.5 Å². The fourth-order valence-electron chi connectivity index (χ4n) is 7.24. The van der Waals surface area contributed by atoms with Crippen LogP contribution in [0.5, 0.6) is 17.2 Å². The average molecular weight is 1110 g/mol. The number of fused-ring (bicyclic) bond motifs is 3. The normalized spacial score (nSPS) is 18.0. The average Bonchev–Trinajstić information content (AvgIpc) is 3.66. The zero-order valence-electron chi connectivity index (χ0n) is 34.2. The summed E-state index contributed by atoms with van der Waals surface area (Å²) in [6.07, 6.45) is 0. The molecule has 348 valence electrons. The molecule has 1 fully saturated rings. The monoisotopic (exact) mass is 1110 g/mol. The van der Waals surface area contributed by atoms with Crippen LogP contribution in [-0.4, -0.2) is 74.2 Å². The fourth-order valence-corrected chi connectivity index (χ4v) is 8.73. The van der Waals surface area contributed by atoms with Crippen LogP contribution in [0.2, 0.25) is 0 Å². The Morgan fingerprint density at radius 2 is 1.21 bits per heavy atom. The molecule has 0 bridgehead atoms. The molecular formula is C45H38Br3F6N5O7. The molecule has 1 unspecified atom stereocenters. The van der Waals surface area contributed by atoms with Crippen LogP contribution in [0.4, 0.5) is 32.0 Å². The molecule has 0 radical (unpaired) electrons. The number of imidazole rings is 1. The maximum absolute atomic E-state index is 12.7. The molecule has 66 heavy (non-hydrogen) atoms. The van der Waals surface area contributed by atoms with Gasteiger partial charge in [0.25, 0.3) is 0 Å². The molecule has 3 aliphatic heterocycles. The smallest absolute Gasteiger partial charge is 0.387 e. The van der Waals surface area contributed by atoms with Gasteiger partial charge >= 0.3 is 19.8 Å². The highest BCUT2D eigenvalue weighted by Crippen LogP contribution is 2.37. The molecule has 4 heterocycles. The molecule has 9 rings (SSSR count). The lowest BCUT2D eigenvalue weighted by Gasteiger charge is -2.28. The van der Waals surface area contributed by atoms with Crippen LogP contribution in [0.3, 0.4) is 0 Å². The van der Waals surface area contributed by atoms with Crippen molar-refractivity contribution >= 4 is 76.3 Å². The second kappa shape index (κ2) is 23.0. The predicted octanol–water partition coefficient (Wildman–Crippen LogP) is 11.4. The summed E-state index contributed by atoms with van der Waals surface area (Å²) in [7, 11) is 0. The van der Waals surface area contributed by atoms with E-state index < -0.39 is 31.9 Å². The first-order valence-electron chi connectivity index (χ1n) is 19.9. The number of halogens is 9. The summed E-state index contributed by atoms with van der Waals surface area (Å²) in [6, 6.07) is 30.1. The standard InChI is InChI=1S/C17H14Br2F2N2O2.C17H13BrF2N2O2.C11H11F2NO3/c18-10-5-6-13(12(19)7-10)22-16-9-24-8-14(23-16)11-3-1-2-4-15(11)25-17(20)21;18-10-5-6-12-13(7-10)22-14(8-23-9-16(22)21-12)11-3-1-2-4-15(11)24-17(19)20;12-11(13)17-9-4-2-1-3-7(9)8-5-16-6-10(15)14-8/h1-7,14,17H,8-9H2,(H,22,23);1-7,14,17H,8-9H2;1-4,8,11H,5-6H2,(H,14,15)/t14-;;8-/m1.1/s1. The van der Waals surface area contributed by atoms with Crippen molar-refractivity contribution < 1.29 is 59.6 Å². The number of amides is 1. The number of nitrogens with one attached hydrogen (secondary N) is 2. The molecule has 21 heteroatoms. The van der Waals surface area contributed by atoms with Crippen LogP contribution in [0.25, 0.3) is 11.0 Å². The Morgan fingerprint density at radius 1 is 0.652 bits per heavy atom. The number of nitrogens with zero attached hydrogens (tertiary/aromatic N) is 3. The van der Waals surface area contributed by atoms with Gasteiger partial charge in [0.1, 0.15) is 54.8 Å². The summed E-state index contributed by atoms with van der Waals surface area (Å²) in [5.41, 5.74) is 4.31. The third-order valence-electron chi connectivity index (χ3n) is 9.93. The number of hydrogen-bond acceptors (Lipinski definition) is 10. The van der Waals surface area contributed by atoms with Crippen molar-refractivity contribution in [2.75, 3.05) is 38.4 Å². The lowest BCUT2D eigenvalue weighted by molar-refractivity contribution is -0.131. The number of hydrogen-bond donors (Lipinski definition) is 2. The van der Waals surface area contributed by atoms with Crippen LogP contribution in [0, 0.1) is 0 Å². The summed E-state index contributed by atoms with van der Waals surface area (Å²) in [5, 5.41) is 5.86. The molecule has 0 saturated carbocycles. The van der Waals surface area contributed by atoms with Crippen LogP contribution >= 0.6 is 47.8 Å². The maximum Gasteiger partial charge on any atom is 0.387 e. The molecule has 3 atom stereocenters. The van der Waals surface area contributed by atoms with E-state index in [1.165, 1.54) is 12.1 Å². The van der Waals surface area contributed by atoms with Crippen molar-refractivity contribution in [1.29, 1.82) is 0 Å². The van der Waals surface area contributed by atoms with Gasteiger partial charge < -0.3 is 43.6 Å². The SMILES string of the molecule is FC(F)Oc1ccccc1C1COCc2nc3ccc(Br)cc3n21.FC(F)Oc1ccccc1[C@H]1COCC(Nc2ccc(Br)cc2Br)=N1.O=C1COC[C@H](c2ccccc2OC(F)F)N1. The van der Waals surface area contributed by atoms with Crippen LogP contribution in [0.15, 0.2) is 128 Å². The summed E-state index contributed by atoms with van der Waals surface area (Å²) < 4.78 is 110. The molecule has 3 aliphatic rings. The Morgan fingerprint density at radius 3 is 1.86 bits per heavy atom. The molecule has 5 aromatic carbocycles. The minimum Gasteiger partial charge on any atom is -0.434 e. The summed E-state index contributed by atoms with van der Waals surface area (Å²) in [6.45, 7) is -7.03. The number of anilines is 1. The number of rotatable bonds is 10. The molecular weight excluding hydrogens is 1080 g/mol. The van der Waals surface area contributed by atoms with E-state index in [1.54, 1.807) is 60.7 Å². The van der Waals surface area contributed by atoms with E-state index >= 15 is 0 Å². The third kappa shape index (κ3) is 12.8. The first kappa shape index (κ1) is 48.7. The first-order valence-corrected chi connectivity index (χ1v) is 22.3. The Hall–Kier alpha value is -5.19. The topological polar surface area (TPSA) is 127 Å². The Kier molecular flexibility index (Phi) is 17.0. The molecule has 12 nitrogen and oxygen atoms in total. The van der Waals surface area contributed by atoms with Gasteiger partial charge in [-0.15, -0.1) is 0 Å². The second-order valence-electron chi connectivity index (χ2n) is 14.3. The summed E-state index contributed by atoms with van der Waals surface area (Å²) in [4.78, 5) is 20.3. The van der Waals surface area contributed by atoms with E-state index in [9.17, 15) is 31.1 Å². The Labute approximate surface area is 399 Å². The third-order valence-corrected chi connectivity index (χ3v) is 11.6. The second-order valence-corrected chi connectivity index (χ2v) is 17.0. The maximum atomic E-state index is 12.7. The number of carbonyl (C=O) groups is 1. The number of ether oxygens (including phenoxy) is 6. The lowest BCUT2D eigenvalue weighted by atomic mass is 10.0. The number of aliphatic imine (C=N–C) groups is 1. The molecule has 1 amide bonds. The van der Waals surface area contributed by atoms with Gasteiger partial charge in [0.2, 0.25) is 5.91 Å². The largest absolute Gasteiger partial charge is 0.434 e. The van der Waals surface area contributed by atoms with E-state index in [4.69, 9.17) is 18.9 Å². The number of para-hydroxylation sites is 3. The van der Waals surface area contributed by atoms with Gasteiger partial charge in [0, 0.05) is 30.1 Å².